The molecule has 1 atom stereocenters. The van der Waals surface area contributed by atoms with E-state index in [1.807, 2.05) is 0 Å². The van der Waals surface area contributed by atoms with Gasteiger partial charge in [-0.2, -0.15) is 0 Å². The Morgan fingerprint density at radius 1 is 0.464 bits per heavy atom. The predicted octanol–water partition coefficient (Wildman–Crippen LogP) is 12.6. The minimum absolute atomic E-state index is 0.501. The van der Waals surface area contributed by atoms with E-state index in [4.69, 9.17) is 4.98 Å². The first-order valence-electron chi connectivity index (χ1n) is 19.7. The monoisotopic (exact) mass is 715 g/mol. The topological polar surface area (TPSA) is 22.8 Å². The summed E-state index contributed by atoms with van der Waals surface area (Å²) >= 11 is 0. The van der Waals surface area contributed by atoms with Crippen molar-refractivity contribution in [1.29, 1.82) is 0 Å². The highest BCUT2D eigenvalue weighted by molar-refractivity contribution is 6.11. The van der Waals surface area contributed by atoms with Crippen molar-refractivity contribution >= 4 is 32.8 Å². The summed E-state index contributed by atoms with van der Waals surface area (Å²) < 4.78 is 4.86. The highest BCUT2D eigenvalue weighted by Gasteiger charge is 2.54. The molecule has 0 radical (unpaired) electrons. The van der Waals surface area contributed by atoms with E-state index >= 15 is 0 Å². The van der Waals surface area contributed by atoms with Gasteiger partial charge in [0.1, 0.15) is 11.2 Å². The summed E-state index contributed by atoms with van der Waals surface area (Å²) in [4.78, 5) is 5.46. The summed E-state index contributed by atoms with van der Waals surface area (Å²) in [5, 5.41) is 2.56. The Morgan fingerprint density at radius 2 is 1.16 bits per heavy atom. The quantitative estimate of drug-likeness (QED) is 0.174. The van der Waals surface area contributed by atoms with Crippen LogP contribution in [0.15, 0.2) is 182 Å². The minimum Gasteiger partial charge on any atom is -0.309 e. The first-order chi connectivity index (χ1) is 27.7. The predicted molar refractivity (Wildman–Crippen MR) is 230 cm³/mol. The second-order valence-corrected chi connectivity index (χ2v) is 15.5. The molecular weight excluding hydrogens is 679 g/mol. The van der Waals surface area contributed by atoms with Gasteiger partial charge in [0.15, 0.2) is 0 Å². The summed E-state index contributed by atoms with van der Waals surface area (Å²) in [5.74, 6) is 1.09. The highest BCUT2D eigenvalue weighted by Crippen LogP contribution is 2.60. The van der Waals surface area contributed by atoms with Gasteiger partial charge >= 0.3 is 0 Å². The molecule has 0 amide bonds. The third-order valence-electron chi connectivity index (χ3n) is 12.6. The van der Waals surface area contributed by atoms with Crippen LogP contribution in [0.4, 0.5) is 0 Å². The van der Waals surface area contributed by atoms with E-state index in [9.17, 15) is 0 Å². The number of imidazole rings is 1. The first kappa shape index (κ1) is 31.4. The lowest BCUT2D eigenvalue weighted by molar-refractivity contribution is 0.736. The van der Waals surface area contributed by atoms with Gasteiger partial charge in [-0.05, 0) is 124 Å². The zero-order valence-corrected chi connectivity index (χ0v) is 31.1. The van der Waals surface area contributed by atoms with Crippen molar-refractivity contribution in [3.63, 3.8) is 0 Å². The molecule has 2 aliphatic rings. The molecule has 0 N–H and O–H groups in total. The molecule has 3 heterocycles. The molecule has 3 heteroatoms. The number of aromatic nitrogens is 3. The van der Waals surface area contributed by atoms with Gasteiger partial charge < -0.3 is 4.57 Å². The summed E-state index contributed by atoms with van der Waals surface area (Å²) in [6, 6.07) is 67.2. The van der Waals surface area contributed by atoms with Crippen LogP contribution in [-0.2, 0) is 18.3 Å². The van der Waals surface area contributed by atoms with Crippen LogP contribution in [0.2, 0.25) is 0 Å². The Hall–Kier alpha value is -6.97. The van der Waals surface area contributed by atoms with E-state index in [-0.39, 0.29) is 0 Å². The van der Waals surface area contributed by atoms with Crippen LogP contribution < -0.4 is 0 Å². The molecule has 3 nitrogen and oxygen atoms in total. The molecule has 0 bridgehead atoms. The van der Waals surface area contributed by atoms with Gasteiger partial charge in [-0.15, -0.1) is 0 Å². The van der Waals surface area contributed by atoms with Crippen molar-refractivity contribution in [2.75, 3.05) is 0 Å². The molecule has 2 aromatic heterocycles. The van der Waals surface area contributed by atoms with Gasteiger partial charge in [0.2, 0.25) is 0 Å². The van der Waals surface area contributed by atoms with Crippen LogP contribution in [0.3, 0.4) is 0 Å². The van der Waals surface area contributed by atoms with Crippen molar-refractivity contribution in [3.8, 4) is 33.6 Å². The summed E-state index contributed by atoms with van der Waals surface area (Å²) in [6.45, 7) is 2.24. The third-order valence-corrected chi connectivity index (χ3v) is 12.6. The van der Waals surface area contributed by atoms with Gasteiger partial charge in [-0.25, -0.2) is 4.98 Å². The fourth-order valence-electron chi connectivity index (χ4n) is 10.2. The highest BCUT2D eigenvalue weighted by atomic mass is 15.1. The molecule has 0 saturated heterocycles. The second-order valence-electron chi connectivity index (χ2n) is 15.5. The molecule has 264 valence electrons. The van der Waals surface area contributed by atoms with Crippen LogP contribution in [-0.4, -0.2) is 14.1 Å². The molecule has 1 aliphatic heterocycles. The molecule has 10 aromatic rings. The number of fused-ring (bicyclic) bond motifs is 15. The van der Waals surface area contributed by atoms with Gasteiger partial charge in [0, 0.05) is 16.5 Å². The smallest absolute Gasteiger partial charge is 0.134 e. The second kappa shape index (κ2) is 11.8. The number of aryl methyl sites for hydroxylation is 3. The number of rotatable bonds is 5. The van der Waals surface area contributed by atoms with Gasteiger partial charge in [-0.3, -0.25) is 4.57 Å². The van der Waals surface area contributed by atoms with Crippen molar-refractivity contribution in [1.82, 2.24) is 14.1 Å². The van der Waals surface area contributed by atoms with Crippen molar-refractivity contribution in [3.05, 3.63) is 221 Å². The number of hydrogen-bond acceptors (Lipinski definition) is 1. The van der Waals surface area contributed by atoms with E-state index in [0.717, 1.165) is 29.7 Å². The molecule has 56 heavy (non-hydrogen) atoms. The molecule has 1 unspecified atom stereocenters. The zero-order chi connectivity index (χ0) is 37.0. The molecule has 12 rings (SSSR count). The summed E-state index contributed by atoms with van der Waals surface area (Å²) in [5.41, 5.74) is 19.7. The fourth-order valence-corrected chi connectivity index (χ4v) is 10.2. The van der Waals surface area contributed by atoms with Crippen LogP contribution in [0.25, 0.3) is 66.5 Å². The average molecular weight is 716 g/mol. The summed E-state index contributed by atoms with van der Waals surface area (Å²) in [7, 11) is 0. The molecule has 1 spiro atoms. The SMILES string of the molecule is Cc1ccccc1-c1cc2c3ccccc3n(-c3ccccc3)c2cc1CCc1ccc2c(c1)C1(c3ccccc3-2)c2ccccc2-n2c1nc1ccccc12. The van der Waals surface area contributed by atoms with Crippen molar-refractivity contribution in [2.24, 2.45) is 0 Å². The molecule has 0 saturated carbocycles. The van der Waals surface area contributed by atoms with E-state index < -0.39 is 5.41 Å². The van der Waals surface area contributed by atoms with Crippen molar-refractivity contribution in [2.45, 2.75) is 25.2 Å². The maximum atomic E-state index is 5.46. The lowest BCUT2D eigenvalue weighted by Gasteiger charge is -2.27. The summed E-state index contributed by atoms with van der Waals surface area (Å²) in [6.07, 6.45) is 1.82. The number of benzene rings is 8. The standard InChI is InChI=1S/C53H37N3/c1-34-15-5-6-18-38(34)42-33-43-41-20-8-12-24-48(41)55(37-16-3-2-4-17-37)51(43)32-36(42)29-27-35-28-30-40-39-19-7-9-21-44(39)53(46(40)31-35)45-22-10-13-25-49(45)56-50-26-14-11-23-47(50)54-52(53)56/h2-26,28,30-33H,27,29H2,1H3. The fraction of sp³-hybridized carbons (Fsp3) is 0.0755. The van der Waals surface area contributed by atoms with Gasteiger partial charge in [0.05, 0.1) is 27.8 Å². The molecule has 8 aromatic carbocycles. The number of para-hydroxylation sites is 5. The largest absolute Gasteiger partial charge is 0.309 e. The lowest BCUT2D eigenvalue weighted by Crippen LogP contribution is -2.27. The Balaban J connectivity index is 1.04. The Labute approximate surface area is 325 Å². The first-order valence-corrected chi connectivity index (χ1v) is 19.7. The van der Waals surface area contributed by atoms with Gasteiger partial charge in [0.25, 0.3) is 0 Å². The minimum atomic E-state index is -0.501. The van der Waals surface area contributed by atoms with E-state index in [1.165, 1.54) is 88.8 Å². The lowest BCUT2D eigenvalue weighted by atomic mass is 9.72. The Bertz CT molecular complexity index is 3220. The van der Waals surface area contributed by atoms with E-state index in [2.05, 4.69) is 198 Å². The van der Waals surface area contributed by atoms with E-state index in [1.54, 1.807) is 0 Å². The third kappa shape index (κ3) is 4.20. The van der Waals surface area contributed by atoms with Crippen LogP contribution in [0, 0.1) is 6.92 Å². The molecule has 0 fully saturated rings. The van der Waals surface area contributed by atoms with Crippen LogP contribution in [0.1, 0.15) is 39.2 Å². The van der Waals surface area contributed by atoms with Crippen LogP contribution >= 0.6 is 0 Å². The normalized spacial score (nSPS) is 15.1. The molecular formula is C53H37N3. The molecule has 1 aliphatic carbocycles. The maximum Gasteiger partial charge on any atom is 0.134 e. The Morgan fingerprint density at radius 3 is 2.04 bits per heavy atom. The van der Waals surface area contributed by atoms with Gasteiger partial charge in [-0.1, -0.05) is 133 Å². The van der Waals surface area contributed by atoms with E-state index in [0.29, 0.717) is 0 Å². The average Bonchev–Trinajstić information content (AvgIpc) is 3.96. The van der Waals surface area contributed by atoms with Crippen molar-refractivity contribution < 1.29 is 0 Å². The number of nitrogens with zero attached hydrogens (tertiary/aromatic N) is 3. The van der Waals surface area contributed by atoms with Crippen LogP contribution in [0.5, 0.6) is 0 Å². The zero-order valence-electron chi connectivity index (χ0n) is 31.1. The number of hydrogen-bond donors (Lipinski definition) is 0. The Kier molecular flexibility index (Phi) is 6.59. The maximum absolute atomic E-state index is 5.46.